The Labute approximate surface area is 235 Å². The molecule has 0 aliphatic heterocycles. The maximum Gasteiger partial charge on any atom is 0.341 e. The summed E-state index contributed by atoms with van der Waals surface area (Å²) in [6, 6.07) is 7.50. The van der Waals surface area contributed by atoms with Crippen molar-refractivity contribution in [2.45, 2.75) is 102 Å². The maximum absolute atomic E-state index is 15.3. The summed E-state index contributed by atoms with van der Waals surface area (Å²) in [7, 11) is 0. The fourth-order valence-electron chi connectivity index (χ4n) is 6.27. The minimum Gasteiger partial charge on any atom is -0.493 e. The van der Waals surface area contributed by atoms with Crippen molar-refractivity contribution in [3.05, 3.63) is 77.1 Å². The highest BCUT2D eigenvalue weighted by Gasteiger charge is 2.32. The molecule has 1 unspecified atom stereocenters. The minimum absolute atomic E-state index is 0.0306. The molecule has 218 valence electrons. The fraction of sp³-hybridized carbons (Fsp3) is 0.545. The van der Waals surface area contributed by atoms with Crippen LogP contribution in [0.5, 0.6) is 5.75 Å². The summed E-state index contributed by atoms with van der Waals surface area (Å²) in [5.41, 5.74) is 0.651. The highest BCUT2D eigenvalue weighted by Crippen LogP contribution is 2.42. The molecule has 7 heteroatoms. The molecule has 0 bridgehead atoms. The Kier molecular flexibility index (Phi) is 10.7. The van der Waals surface area contributed by atoms with E-state index in [9.17, 15) is 14.3 Å². The van der Waals surface area contributed by atoms with Gasteiger partial charge in [0.05, 0.1) is 18.3 Å². The molecule has 0 aromatic heterocycles. The number of ether oxygens (including phenoxy) is 2. The summed E-state index contributed by atoms with van der Waals surface area (Å²) < 4.78 is 55.9. The van der Waals surface area contributed by atoms with E-state index in [1.807, 2.05) is 0 Å². The van der Waals surface area contributed by atoms with Gasteiger partial charge in [0.2, 0.25) is 0 Å². The van der Waals surface area contributed by atoms with Gasteiger partial charge in [0.15, 0.2) is 11.6 Å². The van der Waals surface area contributed by atoms with Crippen molar-refractivity contribution in [3.8, 4) is 5.75 Å². The lowest BCUT2D eigenvalue weighted by atomic mass is 9.75. The molecule has 0 radical (unpaired) electrons. The van der Waals surface area contributed by atoms with Crippen LogP contribution in [0.15, 0.2) is 43.0 Å². The first-order chi connectivity index (χ1) is 19.3. The second kappa shape index (κ2) is 14.2. The van der Waals surface area contributed by atoms with Crippen LogP contribution in [-0.2, 0) is 4.74 Å². The number of halogens is 3. The molecule has 1 atom stereocenters. The Bertz CT molecular complexity index is 1150. The quantitative estimate of drug-likeness (QED) is 0.171. The number of carbonyl (C=O) groups is 1. The summed E-state index contributed by atoms with van der Waals surface area (Å²) in [6.45, 7) is 6.03. The summed E-state index contributed by atoms with van der Waals surface area (Å²) in [5, 5.41) is 10.3. The van der Waals surface area contributed by atoms with Crippen molar-refractivity contribution in [1.29, 1.82) is 0 Å². The second-order valence-corrected chi connectivity index (χ2v) is 11.3. The van der Waals surface area contributed by atoms with Crippen molar-refractivity contribution in [1.82, 2.24) is 0 Å². The van der Waals surface area contributed by atoms with E-state index in [1.54, 1.807) is 18.2 Å². The molecule has 4 rings (SSSR count). The van der Waals surface area contributed by atoms with E-state index in [0.717, 1.165) is 38.5 Å². The molecule has 2 aromatic carbocycles. The zero-order valence-electron chi connectivity index (χ0n) is 23.3. The van der Waals surface area contributed by atoms with Gasteiger partial charge in [-0.05, 0) is 105 Å². The van der Waals surface area contributed by atoms with Gasteiger partial charge < -0.3 is 14.6 Å². The number of esters is 1. The third-order valence-electron chi connectivity index (χ3n) is 8.62. The van der Waals surface area contributed by atoms with Gasteiger partial charge in [-0.25, -0.2) is 18.0 Å². The molecular formula is C33H41F3O4. The SMILES string of the molecule is C=CCCOc1ccc(C(=O)OC2CCC(c3ccc(C4CCC(C(O)CCC)CC4)c(F)c3F)CC2)c(F)c1. The van der Waals surface area contributed by atoms with Crippen LogP contribution >= 0.6 is 0 Å². The van der Waals surface area contributed by atoms with Crippen molar-refractivity contribution in [3.63, 3.8) is 0 Å². The van der Waals surface area contributed by atoms with Crippen LogP contribution < -0.4 is 4.74 Å². The minimum atomic E-state index is -0.774. The molecule has 40 heavy (non-hydrogen) atoms. The van der Waals surface area contributed by atoms with Gasteiger partial charge in [0, 0.05) is 6.07 Å². The van der Waals surface area contributed by atoms with E-state index in [-0.39, 0.29) is 29.4 Å². The molecule has 2 aromatic rings. The smallest absolute Gasteiger partial charge is 0.341 e. The van der Waals surface area contributed by atoms with E-state index in [4.69, 9.17) is 9.47 Å². The predicted molar refractivity (Wildman–Crippen MR) is 149 cm³/mol. The monoisotopic (exact) mass is 558 g/mol. The molecule has 4 nitrogen and oxygen atoms in total. The summed E-state index contributed by atoms with van der Waals surface area (Å²) >= 11 is 0. The molecule has 2 fully saturated rings. The largest absolute Gasteiger partial charge is 0.493 e. The van der Waals surface area contributed by atoms with Crippen LogP contribution in [0.1, 0.15) is 111 Å². The molecule has 0 spiro atoms. The molecule has 0 heterocycles. The number of aliphatic hydroxyl groups excluding tert-OH is 1. The van der Waals surface area contributed by atoms with E-state index >= 15 is 8.78 Å². The Morgan fingerprint density at radius 1 is 0.975 bits per heavy atom. The molecule has 0 saturated heterocycles. The van der Waals surface area contributed by atoms with Crippen LogP contribution in [0, 0.1) is 23.4 Å². The van der Waals surface area contributed by atoms with Gasteiger partial charge in [-0.3, -0.25) is 0 Å². The molecule has 2 saturated carbocycles. The lowest BCUT2D eigenvalue weighted by Gasteiger charge is -2.32. The first-order valence-electron chi connectivity index (χ1n) is 14.7. The number of aliphatic hydroxyl groups is 1. The zero-order chi connectivity index (χ0) is 28.6. The van der Waals surface area contributed by atoms with Crippen molar-refractivity contribution in [2.75, 3.05) is 6.61 Å². The van der Waals surface area contributed by atoms with E-state index in [2.05, 4.69) is 13.5 Å². The van der Waals surface area contributed by atoms with Crippen molar-refractivity contribution >= 4 is 5.97 Å². The van der Waals surface area contributed by atoms with E-state index in [0.29, 0.717) is 55.6 Å². The van der Waals surface area contributed by atoms with Gasteiger partial charge in [0.1, 0.15) is 17.7 Å². The van der Waals surface area contributed by atoms with Crippen LogP contribution in [0.4, 0.5) is 13.2 Å². The lowest BCUT2D eigenvalue weighted by molar-refractivity contribution is 0.0189. The molecule has 2 aliphatic rings. The summed E-state index contributed by atoms with van der Waals surface area (Å²) in [4.78, 5) is 12.6. The number of hydrogen-bond donors (Lipinski definition) is 1. The average molecular weight is 559 g/mol. The summed E-state index contributed by atoms with van der Waals surface area (Å²) in [5.74, 6) is -2.60. The van der Waals surface area contributed by atoms with Gasteiger partial charge in [0.25, 0.3) is 0 Å². The first-order valence-corrected chi connectivity index (χ1v) is 14.7. The van der Waals surface area contributed by atoms with Crippen LogP contribution in [0.25, 0.3) is 0 Å². The Hall–Kier alpha value is -2.80. The number of rotatable bonds is 11. The fourth-order valence-corrected chi connectivity index (χ4v) is 6.27. The predicted octanol–water partition coefficient (Wildman–Crippen LogP) is 8.38. The van der Waals surface area contributed by atoms with Crippen LogP contribution in [-0.4, -0.2) is 29.9 Å². The Morgan fingerprint density at radius 2 is 1.57 bits per heavy atom. The molecule has 2 aliphatic carbocycles. The van der Waals surface area contributed by atoms with Gasteiger partial charge in [-0.2, -0.15) is 0 Å². The third kappa shape index (κ3) is 7.28. The Morgan fingerprint density at radius 3 is 2.12 bits per heavy atom. The van der Waals surface area contributed by atoms with Crippen molar-refractivity contribution in [2.24, 2.45) is 5.92 Å². The van der Waals surface area contributed by atoms with Crippen molar-refractivity contribution < 1.29 is 32.5 Å². The first kappa shape index (κ1) is 30.2. The second-order valence-electron chi connectivity index (χ2n) is 11.3. The number of carbonyl (C=O) groups excluding carboxylic acids is 1. The molecule has 0 amide bonds. The van der Waals surface area contributed by atoms with Gasteiger partial charge >= 0.3 is 5.97 Å². The van der Waals surface area contributed by atoms with Crippen LogP contribution in [0.2, 0.25) is 0 Å². The average Bonchev–Trinajstić information content (AvgIpc) is 2.95. The molecular weight excluding hydrogens is 517 g/mol. The number of benzene rings is 2. The third-order valence-corrected chi connectivity index (χ3v) is 8.62. The molecule has 1 N–H and O–H groups in total. The zero-order valence-corrected chi connectivity index (χ0v) is 23.3. The van der Waals surface area contributed by atoms with Crippen LogP contribution in [0.3, 0.4) is 0 Å². The van der Waals surface area contributed by atoms with Gasteiger partial charge in [-0.15, -0.1) is 6.58 Å². The topological polar surface area (TPSA) is 55.8 Å². The lowest BCUT2D eigenvalue weighted by Crippen LogP contribution is -2.26. The van der Waals surface area contributed by atoms with E-state index in [1.165, 1.54) is 18.2 Å². The summed E-state index contributed by atoms with van der Waals surface area (Å²) in [6.07, 6.45) is 8.58. The highest BCUT2D eigenvalue weighted by atomic mass is 19.2. The standard InChI is InChI=1S/C33H41F3O4/c1-3-5-19-39-25-15-16-28(29(34)20-25)33(38)40-24-13-11-22(12-14-24)27-18-17-26(31(35)32(27)36)21-7-9-23(10-8-21)30(37)6-4-2/h3,15-18,20-24,30,37H,1,4-14,19H2,2H3. The highest BCUT2D eigenvalue weighted by molar-refractivity contribution is 5.90. The normalized spacial score (nSPS) is 23.8. The van der Waals surface area contributed by atoms with E-state index < -0.39 is 29.5 Å². The Balaban J connectivity index is 1.30. The van der Waals surface area contributed by atoms with Gasteiger partial charge in [-0.1, -0.05) is 31.6 Å². The maximum atomic E-state index is 15.3. The number of hydrogen-bond acceptors (Lipinski definition) is 4.